The minimum Gasteiger partial charge on any atom is -0.347 e. The molecule has 3 heterocycles. The smallest absolute Gasteiger partial charge is 0.347 e. The van der Waals surface area contributed by atoms with Crippen molar-refractivity contribution in [3.63, 3.8) is 0 Å². The number of aromatic amines is 1. The number of fused-ring (bicyclic) bond motifs is 4. The van der Waals surface area contributed by atoms with Crippen molar-refractivity contribution < 1.29 is 18.0 Å². The van der Waals surface area contributed by atoms with Crippen molar-refractivity contribution in [3.8, 4) is 0 Å². The van der Waals surface area contributed by atoms with E-state index < -0.39 is 24.5 Å². The second-order valence-corrected chi connectivity index (χ2v) is 9.63. The Morgan fingerprint density at radius 3 is 2.91 bits per heavy atom. The first-order valence-corrected chi connectivity index (χ1v) is 11.4. The molecule has 0 bridgehead atoms. The van der Waals surface area contributed by atoms with Gasteiger partial charge in [-0.05, 0) is 43.0 Å². The summed E-state index contributed by atoms with van der Waals surface area (Å²) < 4.78 is 38.1. The Balaban J connectivity index is 1.41. The van der Waals surface area contributed by atoms with Crippen molar-refractivity contribution in [3.05, 3.63) is 44.6 Å². The van der Waals surface area contributed by atoms with Gasteiger partial charge >= 0.3 is 11.0 Å². The second-order valence-electron chi connectivity index (χ2n) is 7.53. The number of hydrogen-bond acceptors (Lipinski definition) is 7. The van der Waals surface area contributed by atoms with E-state index in [1.54, 1.807) is 0 Å². The highest BCUT2D eigenvalue weighted by Crippen LogP contribution is 2.40. The number of aryl methyl sites for hydroxylation is 1. The van der Waals surface area contributed by atoms with Crippen molar-refractivity contribution >= 4 is 60.5 Å². The van der Waals surface area contributed by atoms with E-state index in [2.05, 4.69) is 20.3 Å². The van der Waals surface area contributed by atoms with Gasteiger partial charge in [-0.3, -0.25) is 9.59 Å². The van der Waals surface area contributed by atoms with E-state index in [1.807, 2.05) is 23.5 Å². The molecule has 1 amide bonds. The summed E-state index contributed by atoms with van der Waals surface area (Å²) in [6, 6.07) is 5.53. The molecule has 12 heteroatoms. The molecule has 0 fully saturated rings. The van der Waals surface area contributed by atoms with Crippen LogP contribution in [0.5, 0.6) is 0 Å². The van der Waals surface area contributed by atoms with E-state index in [9.17, 15) is 22.8 Å². The normalized spacial score (nSPS) is 16.3. The van der Waals surface area contributed by atoms with Gasteiger partial charge < -0.3 is 15.6 Å². The molecule has 0 spiro atoms. The molecule has 3 aromatic heterocycles. The molecule has 0 unspecified atom stereocenters. The van der Waals surface area contributed by atoms with Gasteiger partial charge in [0.2, 0.25) is 5.91 Å². The summed E-state index contributed by atoms with van der Waals surface area (Å²) in [7, 11) is 0. The number of carbonyl (C=O) groups is 1. The second kappa shape index (κ2) is 7.85. The number of carbonyl (C=O) groups excluding carboxylic acids is 1. The summed E-state index contributed by atoms with van der Waals surface area (Å²) in [5.74, 6) is -0.454. The highest BCUT2D eigenvalue weighted by Gasteiger charge is 2.32. The summed E-state index contributed by atoms with van der Waals surface area (Å²) >= 11 is 2.56. The number of alkyl halides is 3. The molecule has 166 valence electrons. The molecule has 0 saturated carbocycles. The lowest BCUT2D eigenvalue weighted by molar-refractivity contribution is -0.141. The number of H-pyrrole nitrogens is 1. The minimum absolute atomic E-state index is 0.123. The third-order valence-corrected chi connectivity index (χ3v) is 7.37. The van der Waals surface area contributed by atoms with Crippen LogP contribution in [0.15, 0.2) is 29.3 Å². The predicted molar refractivity (Wildman–Crippen MR) is 118 cm³/mol. The first kappa shape index (κ1) is 20.9. The Morgan fingerprint density at radius 2 is 2.09 bits per heavy atom. The van der Waals surface area contributed by atoms with Crippen LogP contribution in [0, 0.1) is 5.92 Å². The number of aromatic nitrogens is 3. The highest BCUT2D eigenvalue weighted by atomic mass is 32.1. The van der Waals surface area contributed by atoms with Gasteiger partial charge in [0.15, 0.2) is 0 Å². The standard InChI is InChI=1S/C20H16F3N5O2S2/c21-20(22,23)7-24-17(29)9-1-3-11-13(5-9)31-18-15(11)16(25-8-26-18)27-10-2-4-12-14(6-10)32-19(30)28-12/h2,4,6,8-9H,1,3,5,7H2,(H,24,29)(H,28,30)(H,25,26,27)/t9-/m0/s1. The molecule has 5 rings (SSSR count). The van der Waals surface area contributed by atoms with E-state index in [-0.39, 0.29) is 4.87 Å². The van der Waals surface area contributed by atoms with Crippen LogP contribution in [0.1, 0.15) is 16.9 Å². The quantitative estimate of drug-likeness (QED) is 0.409. The number of anilines is 2. The molecule has 32 heavy (non-hydrogen) atoms. The average Bonchev–Trinajstić information content (AvgIpc) is 3.30. The molecule has 0 saturated heterocycles. The lowest BCUT2D eigenvalue weighted by Crippen LogP contribution is -2.39. The summed E-state index contributed by atoms with van der Waals surface area (Å²) in [5.41, 5.74) is 2.56. The zero-order valence-electron chi connectivity index (χ0n) is 16.4. The van der Waals surface area contributed by atoms with Gasteiger partial charge in [0, 0.05) is 16.5 Å². The zero-order valence-corrected chi connectivity index (χ0v) is 18.0. The van der Waals surface area contributed by atoms with Crippen molar-refractivity contribution in [1.29, 1.82) is 0 Å². The number of nitrogens with zero attached hydrogens (tertiary/aromatic N) is 2. The molecule has 1 atom stereocenters. The van der Waals surface area contributed by atoms with Crippen molar-refractivity contribution in [2.24, 2.45) is 5.92 Å². The molecular formula is C20H16F3N5O2S2. The Hall–Kier alpha value is -2.99. The van der Waals surface area contributed by atoms with E-state index in [1.165, 1.54) is 17.7 Å². The third-order valence-electron chi connectivity index (χ3n) is 5.36. The van der Waals surface area contributed by atoms with E-state index >= 15 is 0 Å². The summed E-state index contributed by atoms with van der Waals surface area (Å²) in [6.45, 7) is -1.32. The van der Waals surface area contributed by atoms with Crippen LogP contribution in [0.2, 0.25) is 0 Å². The molecule has 4 aromatic rings. The molecule has 0 radical (unpaired) electrons. The maximum Gasteiger partial charge on any atom is 0.405 e. The Morgan fingerprint density at radius 1 is 1.25 bits per heavy atom. The summed E-state index contributed by atoms with van der Waals surface area (Å²) in [5, 5.41) is 6.16. The fourth-order valence-electron chi connectivity index (χ4n) is 3.92. The Bertz CT molecular complexity index is 1390. The fourth-order valence-corrected chi connectivity index (χ4v) is 5.96. The van der Waals surface area contributed by atoms with Crippen LogP contribution in [0.4, 0.5) is 24.7 Å². The topological polar surface area (TPSA) is 99.8 Å². The SMILES string of the molecule is O=C(NCC(F)(F)F)[C@H]1CCc2c(sc3ncnc(Nc4ccc5[nH]c(=O)sc5c4)c23)C1. The number of amides is 1. The number of benzene rings is 1. The van der Waals surface area contributed by atoms with Crippen molar-refractivity contribution in [2.75, 3.05) is 11.9 Å². The van der Waals surface area contributed by atoms with Crippen LogP contribution in [-0.2, 0) is 17.6 Å². The van der Waals surface area contributed by atoms with Gasteiger partial charge in [0.25, 0.3) is 0 Å². The number of halogens is 3. The molecule has 1 aliphatic carbocycles. The van der Waals surface area contributed by atoms with E-state index in [0.717, 1.165) is 47.9 Å². The predicted octanol–water partition coefficient (Wildman–Crippen LogP) is 4.12. The van der Waals surface area contributed by atoms with E-state index in [0.29, 0.717) is 25.1 Å². The van der Waals surface area contributed by atoms with Crippen LogP contribution < -0.4 is 15.5 Å². The van der Waals surface area contributed by atoms with Gasteiger partial charge in [-0.15, -0.1) is 11.3 Å². The van der Waals surface area contributed by atoms with Gasteiger partial charge in [0.1, 0.15) is 23.5 Å². The lowest BCUT2D eigenvalue weighted by Gasteiger charge is -2.22. The molecule has 3 N–H and O–H groups in total. The maximum absolute atomic E-state index is 12.4. The first-order valence-electron chi connectivity index (χ1n) is 9.76. The molecule has 7 nitrogen and oxygen atoms in total. The number of rotatable bonds is 4. The highest BCUT2D eigenvalue weighted by molar-refractivity contribution is 7.19. The molecular weight excluding hydrogens is 463 g/mol. The van der Waals surface area contributed by atoms with Gasteiger partial charge in [-0.1, -0.05) is 11.3 Å². The fraction of sp³-hybridized carbons (Fsp3) is 0.300. The molecule has 1 aromatic carbocycles. The maximum atomic E-state index is 12.4. The number of nitrogens with one attached hydrogen (secondary N) is 3. The largest absolute Gasteiger partial charge is 0.405 e. The summed E-state index contributed by atoms with van der Waals surface area (Å²) in [6.07, 6.45) is -1.58. The minimum atomic E-state index is -4.43. The Kier molecular flexibility index (Phi) is 5.13. The van der Waals surface area contributed by atoms with Crippen molar-refractivity contribution in [1.82, 2.24) is 20.3 Å². The van der Waals surface area contributed by atoms with Crippen molar-refractivity contribution in [2.45, 2.75) is 25.4 Å². The number of hydrogen-bond donors (Lipinski definition) is 3. The van der Waals surface area contributed by atoms with E-state index in [4.69, 9.17) is 0 Å². The van der Waals surface area contributed by atoms with Crippen LogP contribution in [0.3, 0.4) is 0 Å². The van der Waals surface area contributed by atoms with Crippen LogP contribution in [-0.4, -0.2) is 33.6 Å². The molecule has 0 aliphatic heterocycles. The van der Waals surface area contributed by atoms with Crippen LogP contribution in [0.25, 0.3) is 20.4 Å². The van der Waals surface area contributed by atoms with Gasteiger partial charge in [0.05, 0.1) is 15.6 Å². The lowest BCUT2D eigenvalue weighted by atomic mass is 9.87. The summed E-state index contributed by atoms with van der Waals surface area (Å²) in [4.78, 5) is 36.9. The first-order chi connectivity index (χ1) is 15.3. The molecule has 1 aliphatic rings. The Labute approximate surface area is 186 Å². The monoisotopic (exact) mass is 479 g/mol. The number of thiazole rings is 1. The number of thiophene rings is 1. The zero-order chi connectivity index (χ0) is 22.5. The van der Waals surface area contributed by atoms with Crippen LogP contribution >= 0.6 is 22.7 Å². The average molecular weight is 480 g/mol. The van der Waals surface area contributed by atoms with Gasteiger partial charge in [-0.2, -0.15) is 13.2 Å². The third kappa shape index (κ3) is 4.07. The van der Waals surface area contributed by atoms with Gasteiger partial charge in [-0.25, -0.2) is 9.97 Å².